The van der Waals surface area contributed by atoms with E-state index in [-0.39, 0.29) is 11.6 Å². The molecule has 0 radical (unpaired) electrons. The number of methoxy groups -OCH3 is 1. The summed E-state index contributed by atoms with van der Waals surface area (Å²) in [5, 5.41) is 3.33. The van der Waals surface area contributed by atoms with Gasteiger partial charge in [-0.3, -0.25) is 0 Å². The minimum absolute atomic E-state index is 0.156. The van der Waals surface area contributed by atoms with Crippen LogP contribution in [-0.4, -0.2) is 25.3 Å². The highest BCUT2D eigenvalue weighted by Gasteiger charge is 2.26. The Morgan fingerprint density at radius 3 is 2.93 bits per heavy atom. The van der Waals surface area contributed by atoms with Crippen molar-refractivity contribution >= 4 is 17.3 Å². The van der Waals surface area contributed by atoms with Gasteiger partial charge in [0.25, 0.3) is 0 Å². The Hall–Kier alpha value is -0.930. The normalized spacial score (nSPS) is 25.2. The Bertz CT molecular complexity index is 332. The van der Waals surface area contributed by atoms with Crippen molar-refractivity contribution in [2.75, 3.05) is 19.0 Å². The molecule has 2 rings (SSSR count). The minimum atomic E-state index is -0.255. The van der Waals surface area contributed by atoms with Crippen molar-refractivity contribution < 1.29 is 9.47 Å². The van der Waals surface area contributed by atoms with Crippen LogP contribution in [0.4, 0.5) is 5.69 Å². The zero-order valence-corrected chi connectivity index (χ0v) is 9.33. The molecule has 1 aromatic rings. The average molecular weight is 228 g/mol. The van der Waals surface area contributed by atoms with Crippen molar-refractivity contribution in [3.05, 3.63) is 24.3 Å². The van der Waals surface area contributed by atoms with E-state index in [1.807, 2.05) is 24.3 Å². The summed E-state index contributed by atoms with van der Waals surface area (Å²) in [5.41, 5.74) is 0.705. The molecular formula is C11H14ClNO2. The maximum absolute atomic E-state index is 6.00. The molecule has 1 fully saturated rings. The van der Waals surface area contributed by atoms with Gasteiger partial charge in [0, 0.05) is 0 Å². The quantitative estimate of drug-likeness (QED) is 0.805. The molecular weight excluding hydrogens is 214 g/mol. The molecule has 4 heteroatoms. The standard InChI is InChI=1S/C11H14ClNO2/c1-14-10-5-3-2-4-8(10)13-9-6-7-15-11(9)12/h2-5,9,11,13H,6-7H2,1H3. The topological polar surface area (TPSA) is 30.5 Å². The highest BCUT2D eigenvalue weighted by molar-refractivity contribution is 6.20. The Morgan fingerprint density at radius 1 is 1.47 bits per heavy atom. The van der Waals surface area contributed by atoms with Gasteiger partial charge in [0.1, 0.15) is 5.75 Å². The maximum atomic E-state index is 6.00. The van der Waals surface area contributed by atoms with E-state index in [1.54, 1.807) is 7.11 Å². The number of hydrogen-bond acceptors (Lipinski definition) is 3. The first-order valence-corrected chi connectivity index (χ1v) is 5.40. The van der Waals surface area contributed by atoms with Crippen molar-refractivity contribution in [3.63, 3.8) is 0 Å². The average Bonchev–Trinajstić information content (AvgIpc) is 2.65. The number of nitrogens with one attached hydrogen (secondary N) is 1. The lowest BCUT2D eigenvalue weighted by molar-refractivity contribution is 0.165. The number of hydrogen-bond donors (Lipinski definition) is 1. The molecule has 0 saturated carbocycles. The molecule has 1 heterocycles. The molecule has 1 saturated heterocycles. The lowest BCUT2D eigenvalue weighted by Gasteiger charge is -2.17. The predicted octanol–water partition coefficient (Wildman–Crippen LogP) is 2.46. The number of alkyl halides is 1. The van der Waals surface area contributed by atoms with Crippen LogP contribution in [0.5, 0.6) is 5.75 Å². The fourth-order valence-electron chi connectivity index (χ4n) is 1.66. The van der Waals surface area contributed by atoms with E-state index in [0.29, 0.717) is 6.61 Å². The Labute approximate surface area is 94.3 Å². The van der Waals surface area contributed by atoms with Gasteiger partial charge in [0.15, 0.2) is 5.56 Å². The van der Waals surface area contributed by atoms with Crippen LogP contribution in [0.15, 0.2) is 24.3 Å². The molecule has 0 aliphatic carbocycles. The molecule has 0 bridgehead atoms. The molecule has 15 heavy (non-hydrogen) atoms. The van der Waals surface area contributed by atoms with E-state index < -0.39 is 0 Å². The van der Waals surface area contributed by atoms with Crippen LogP contribution in [-0.2, 0) is 4.74 Å². The van der Waals surface area contributed by atoms with Gasteiger partial charge in [-0.05, 0) is 18.6 Å². The molecule has 0 aromatic heterocycles. The van der Waals surface area contributed by atoms with E-state index in [1.165, 1.54) is 0 Å². The fraction of sp³-hybridized carbons (Fsp3) is 0.455. The number of halogens is 1. The van der Waals surface area contributed by atoms with E-state index in [2.05, 4.69) is 5.32 Å². The van der Waals surface area contributed by atoms with Crippen LogP contribution in [0.1, 0.15) is 6.42 Å². The largest absolute Gasteiger partial charge is 0.495 e. The summed E-state index contributed by atoms with van der Waals surface area (Å²) >= 11 is 6.00. The van der Waals surface area contributed by atoms with Gasteiger partial charge in [-0.2, -0.15) is 0 Å². The number of anilines is 1. The highest BCUT2D eigenvalue weighted by Crippen LogP contribution is 2.27. The van der Waals surface area contributed by atoms with Crippen molar-refractivity contribution in [3.8, 4) is 5.75 Å². The molecule has 1 aliphatic heterocycles. The molecule has 82 valence electrons. The van der Waals surface area contributed by atoms with Crippen LogP contribution in [0, 0.1) is 0 Å². The summed E-state index contributed by atoms with van der Waals surface area (Å²) in [5.74, 6) is 0.827. The lowest BCUT2D eigenvalue weighted by Crippen LogP contribution is -2.25. The van der Waals surface area contributed by atoms with E-state index in [4.69, 9.17) is 21.1 Å². The van der Waals surface area contributed by atoms with Crippen LogP contribution >= 0.6 is 11.6 Å². The smallest absolute Gasteiger partial charge is 0.151 e. The van der Waals surface area contributed by atoms with E-state index >= 15 is 0 Å². The third-order valence-corrected chi connectivity index (χ3v) is 2.90. The summed E-state index contributed by atoms with van der Waals surface area (Å²) < 4.78 is 10.5. The molecule has 1 N–H and O–H groups in total. The summed E-state index contributed by atoms with van der Waals surface area (Å²) in [6.07, 6.45) is 0.923. The zero-order valence-electron chi connectivity index (χ0n) is 8.57. The number of para-hydroxylation sites is 2. The van der Waals surface area contributed by atoms with Gasteiger partial charge >= 0.3 is 0 Å². The first kappa shape index (κ1) is 10.6. The second kappa shape index (κ2) is 4.73. The van der Waals surface area contributed by atoms with Crippen LogP contribution in [0.2, 0.25) is 0 Å². The first-order valence-electron chi connectivity index (χ1n) is 4.96. The number of rotatable bonds is 3. The maximum Gasteiger partial charge on any atom is 0.151 e. The highest BCUT2D eigenvalue weighted by atomic mass is 35.5. The molecule has 1 aromatic carbocycles. The van der Waals surface area contributed by atoms with Crippen molar-refractivity contribution in [1.82, 2.24) is 0 Å². The monoisotopic (exact) mass is 227 g/mol. The van der Waals surface area contributed by atoms with Crippen LogP contribution in [0.3, 0.4) is 0 Å². The molecule has 0 spiro atoms. The first-order chi connectivity index (χ1) is 7.31. The SMILES string of the molecule is COc1ccccc1NC1CCOC1Cl. The molecule has 1 aliphatic rings. The van der Waals surface area contributed by atoms with Gasteiger partial charge in [-0.1, -0.05) is 23.7 Å². The minimum Gasteiger partial charge on any atom is -0.495 e. The predicted molar refractivity (Wildman–Crippen MR) is 60.6 cm³/mol. The summed E-state index contributed by atoms with van der Waals surface area (Å²) in [6.45, 7) is 0.709. The van der Waals surface area contributed by atoms with E-state index in [9.17, 15) is 0 Å². The second-order valence-corrected chi connectivity index (χ2v) is 3.89. The van der Waals surface area contributed by atoms with Gasteiger partial charge in [0.05, 0.1) is 25.4 Å². The third-order valence-electron chi connectivity index (χ3n) is 2.47. The van der Waals surface area contributed by atoms with E-state index in [0.717, 1.165) is 17.9 Å². The van der Waals surface area contributed by atoms with Crippen molar-refractivity contribution in [1.29, 1.82) is 0 Å². The number of ether oxygens (including phenoxy) is 2. The Balaban J connectivity index is 2.09. The van der Waals surface area contributed by atoms with Gasteiger partial charge in [0.2, 0.25) is 0 Å². The molecule has 2 unspecified atom stereocenters. The van der Waals surface area contributed by atoms with Crippen molar-refractivity contribution in [2.45, 2.75) is 18.0 Å². The summed E-state index contributed by atoms with van der Waals surface area (Å²) in [7, 11) is 1.66. The zero-order chi connectivity index (χ0) is 10.7. The number of benzene rings is 1. The Morgan fingerprint density at radius 2 is 2.27 bits per heavy atom. The molecule has 2 atom stereocenters. The van der Waals surface area contributed by atoms with Gasteiger partial charge in [-0.15, -0.1) is 0 Å². The lowest BCUT2D eigenvalue weighted by atomic mass is 10.2. The third kappa shape index (κ3) is 2.36. The molecule has 3 nitrogen and oxygen atoms in total. The fourth-order valence-corrected chi connectivity index (χ4v) is 1.93. The van der Waals surface area contributed by atoms with Crippen LogP contribution in [0.25, 0.3) is 0 Å². The molecule has 0 amide bonds. The van der Waals surface area contributed by atoms with Gasteiger partial charge in [-0.25, -0.2) is 0 Å². The Kier molecular flexibility index (Phi) is 3.34. The van der Waals surface area contributed by atoms with Gasteiger partial charge < -0.3 is 14.8 Å². The summed E-state index contributed by atoms with van der Waals surface area (Å²) in [4.78, 5) is 0. The van der Waals surface area contributed by atoms with Crippen molar-refractivity contribution in [2.24, 2.45) is 0 Å². The van der Waals surface area contributed by atoms with Crippen LogP contribution < -0.4 is 10.1 Å². The second-order valence-electron chi connectivity index (χ2n) is 3.46. The summed E-state index contributed by atoms with van der Waals surface area (Å²) in [6, 6.07) is 7.95.